The number of amides is 1. The van der Waals surface area contributed by atoms with E-state index in [0.29, 0.717) is 13.1 Å². The number of nitrogens with zero attached hydrogens (tertiary/aromatic N) is 2. The molecule has 1 aromatic carbocycles. The standard InChI is InChI=1S/C21H29N5O4/c1-4-25(17(27)13-24-10-14(2)30-15(3)11-24)18-19(22)26(21(29)23-20(18)28)12-16-8-6-5-7-9-16/h5-9,14-15H,4,10-13,22H2,1-3H3,(H,23,28,29)/p+1/t14-,15+. The van der Waals surface area contributed by atoms with Crippen molar-refractivity contribution < 1.29 is 14.4 Å². The molecule has 3 rings (SSSR count). The van der Waals surface area contributed by atoms with Crippen molar-refractivity contribution in [3.63, 3.8) is 0 Å². The van der Waals surface area contributed by atoms with Crippen LogP contribution in [0.3, 0.4) is 0 Å². The maximum Gasteiger partial charge on any atom is 0.330 e. The largest absolute Gasteiger partial charge is 0.383 e. The molecule has 30 heavy (non-hydrogen) atoms. The van der Waals surface area contributed by atoms with Gasteiger partial charge in [-0.15, -0.1) is 0 Å². The number of rotatable bonds is 6. The van der Waals surface area contributed by atoms with Crippen LogP contribution in [-0.4, -0.2) is 53.8 Å². The number of nitrogens with one attached hydrogen (secondary N) is 2. The van der Waals surface area contributed by atoms with Crippen LogP contribution in [0.15, 0.2) is 39.9 Å². The Bertz CT molecular complexity index is 991. The number of carbonyl (C=O) groups excluding carboxylic acids is 1. The lowest BCUT2D eigenvalue weighted by Crippen LogP contribution is -3.16. The van der Waals surface area contributed by atoms with Gasteiger partial charge in [0, 0.05) is 6.54 Å². The van der Waals surface area contributed by atoms with Crippen molar-refractivity contribution in [2.24, 2.45) is 0 Å². The number of hydrogen-bond donors (Lipinski definition) is 3. The highest BCUT2D eigenvalue weighted by Crippen LogP contribution is 2.17. The van der Waals surface area contributed by atoms with Gasteiger partial charge in [0.15, 0.2) is 12.2 Å². The molecule has 1 aliphatic rings. The molecule has 4 N–H and O–H groups in total. The number of carbonyl (C=O) groups is 1. The van der Waals surface area contributed by atoms with Crippen LogP contribution in [0.2, 0.25) is 0 Å². The molecule has 0 aliphatic carbocycles. The number of nitrogens with two attached hydrogens (primary N) is 1. The van der Waals surface area contributed by atoms with Crippen molar-refractivity contribution >= 4 is 17.4 Å². The second-order valence-electron chi connectivity index (χ2n) is 7.80. The Morgan fingerprint density at radius 3 is 2.47 bits per heavy atom. The number of morpholine rings is 1. The van der Waals surface area contributed by atoms with E-state index >= 15 is 0 Å². The molecule has 1 amide bonds. The van der Waals surface area contributed by atoms with Gasteiger partial charge in [-0.25, -0.2) is 4.79 Å². The average Bonchev–Trinajstić information content (AvgIpc) is 2.68. The molecule has 3 atom stereocenters. The summed E-state index contributed by atoms with van der Waals surface area (Å²) in [6, 6.07) is 9.32. The summed E-state index contributed by atoms with van der Waals surface area (Å²) >= 11 is 0. The van der Waals surface area contributed by atoms with Crippen LogP contribution in [0, 0.1) is 0 Å². The van der Waals surface area contributed by atoms with Crippen molar-refractivity contribution in [1.82, 2.24) is 9.55 Å². The molecule has 1 fully saturated rings. The number of likely N-dealkylation sites (N-methyl/N-ethyl adjacent to an activating group) is 1. The molecule has 1 unspecified atom stereocenters. The Morgan fingerprint density at radius 2 is 1.87 bits per heavy atom. The van der Waals surface area contributed by atoms with Gasteiger partial charge in [-0.05, 0) is 26.3 Å². The molecule has 0 saturated carbocycles. The molecule has 0 spiro atoms. The molecule has 0 bridgehead atoms. The zero-order chi connectivity index (χ0) is 21.8. The lowest BCUT2D eigenvalue weighted by molar-refractivity contribution is -0.907. The summed E-state index contributed by atoms with van der Waals surface area (Å²) in [6.45, 7) is 7.88. The van der Waals surface area contributed by atoms with E-state index in [0.717, 1.165) is 10.5 Å². The Kier molecular flexibility index (Phi) is 6.73. The van der Waals surface area contributed by atoms with Gasteiger partial charge in [0.25, 0.3) is 11.5 Å². The molecule has 162 valence electrons. The van der Waals surface area contributed by atoms with Gasteiger partial charge in [-0.1, -0.05) is 30.3 Å². The summed E-state index contributed by atoms with van der Waals surface area (Å²) in [4.78, 5) is 42.8. The lowest BCUT2D eigenvalue weighted by Gasteiger charge is -2.33. The van der Waals surface area contributed by atoms with Gasteiger partial charge in [-0.2, -0.15) is 0 Å². The average molecular weight is 417 g/mol. The van der Waals surface area contributed by atoms with Crippen molar-refractivity contribution in [3.8, 4) is 0 Å². The second-order valence-corrected chi connectivity index (χ2v) is 7.80. The Morgan fingerprint density at radius 1 is 1.23 bits per heavy atom. The number of ether oxygens (including phenoxy) is 1. The van der Waals surface area contributed by atoms with Crippen molar-refractivity contribution in [3.05, 3.63) is 56.7 Å². The summed E-state index contributed by atoms with van der Waals surface area (Å²) in [6.07, 6.45) is 0.126. The van der Waals surface area contributed by atoms with E-state index in [9.17, 15) is 14.4 Å². The summed E-state index contributed by atoms with van der Waals surface area (Å²) in [5.74, 6) is -0.225. The van der Waals surface area contributed by atoms with Crippen LogP contribution in [0.25, 0.3) is 0 Å². The summed E-state index contributed by atoms with van der Waals surface area (Å²) in [7, 11) is 0. The van der Waals surface area contributed by atoms with Gasteiger partial charge >= 0.3 is 5.69 Å². The quantitative estimate of drug-likeness (QED) is 0.571. The minimum Gasteiger partial charge on any atom is -0.383 e. The molecule has 9 nitrogen and oxygen atoms in total. The maximum absolute atomic E-state index is 13.1. The first-order valence-electron chi connectivity index (χ1n) is 10.3. The molecule has 1 aromatic heterocycles. The third-order valence-corrected chi connectivity index (χ3v) is 5.30. The molecule has 1 saturated heterocycles. The third kappa shape index (κ3) is 4.80. The summed E-state index contributed by atoms with van der Waals surface area (Å²) in [5.41, 5.74) is 5.87. The van der Waals surface area contributed by atoms with E-state index in [1.54, 1.807) is 6.92 Å². The molecule has 1 aliphatic heterocycles. The monoisotopic (exact) mass is 416 g/mol. The summed E-state index contributed by atoms with van der Waals surface area (Å²) < 4.78 is 7.02. The fraction of sp³-hybridized carbons (Fsp3) is 0.476. The van der Waals surface area contributed by atoms with Gasteiger partial charge < -0.3 is 15.4 Å². The Hall–Kier alpha value is -2.91. The molecule has 9 heteroatoms. The maximum atomic E-state index is 13.1. The molecule has 2 aromatic rings. The normalized spacial score (nSPS) is 21.4. The third-order valence-electron chi connectivity index (χ3n) is 5.30. The van der Waals surface area contributed by atoms with E-state index in [1.165, 1.54) is 9.47 Å². The predicted octanol–water partition coefficient (Wildman–Crippen LogP) is -0.788. The van der Waals surface area contributed by atoms with Crippen LogP contribution in [0.4, 0.5) is 11.5 Å². The van der Waals surface area contributed by atoms with Crippen molar-refractivity contribution in [1.29, 1.82) is 0 Å². The van der Waals surface area contributed by atoms with E-state index in [4.69, 9.17) is 10.5 Å². The fourth-order valence-electron chi connectivity index (χ4n) is 4.06. The SMILES string of the molecule is CCN(C(=O)C[NH+]1C[C@@H](C)O[C@@H](C)C1)c1c(N)n(Cc2ccccc2)c(=O)[nH]c1=O. The van der Waals surface area contributed by atoms with E-state index in [-0.39, 0.29) is 49.3 Å². The second kappa shape index (κ2) is 9.27. The van der Waals surface area contributed by atoms with Crippen LogP contribution < -0.4 is 26.8 Å². The number of hydrogen-bond acceptors (Lipinski definition) is 5. The van der Waals surface area contributed by atoms with E-state index in [1.807, 2.05) is 44.2 Å². The predicted molar refractivity (Wildman–Crippen MR) is 115 cm³/mol. The minimum atomic E-state index is -0.657. The van der Waals surface area contributed by atoms with Gasteiger partial charge in [-0.3, -0.25) is 24.0 Å². The van der Waals surface area contributed by atoms with Crippen LogP contribution in [0.1, 0.15) is 26.3 Å². The number of aromatic amines is 1. The zero-order valence-electron chi connectivity index (χ0n) is 17.7. The first-order valence-corrected chi connectivity index (χ1v) is 10.3. The number of nitrogen functional groups attached to an aromatic ring is 1. The van der Waals surface area contributed by atoms with Crippen molar-refractivity contribution in [2.45, 2.75) is 39.5 Å². The highest BCUT2D eigenvalue weighted by molar-refractivity contribution is 5.96. The van der Waals surface area contributed by atoms with Gasteiger partial charge in [0.1, 0.15) is 31.1 Å². The highest BCUT2D eigenvalue weighted by atomic mass is 16.5. The lowest BCUT2D eigenvalue weighted by atomic mass is 10.2. The number of H-pyrrole nitrogens is 1. The molecule has 0 radical (unpaired) electrons. The van der Waals surface area contributed by atoms with E-state index in [2.05, 4.69) is 4.98 Å². The topological polar surface area (TPSA) is 115 Å². The van der Waals surface area contributed by atoms with Crippen LogP contribution in [-0.2, 0) is 16.1 Å². The molecular weight excluding hydrogens is 386 g/mol. The first kappa shape index (κ1) is 21.8. The first-order chi connectivity index (χ1) is 14.3. The minimum absolute atomic E-state index is 0.0125. The number of anilines is 2. The Labute approximate surface area is 175 Å². The van der Waals surface area contributed by atoms with Crippen molar-refractivity contribution in [2.75, 3.05) is 36.8 Å². The molecule has 2 heterocycles. The van der Waals surface area contributed by atoms with E-state index < -0.39 is 11.2 Å². The van der Waals surface area contributed by atoms with Crippen LogP contribution >= 0.6 is 0 Å². The number of aromatic nitrogens is 2. The highest BCUT2D eigenvalue weighted by Gasteiger charge is 2.30. The van der Waals surface area contributed by atoms with Gasteiger partial charge in [0.05, 0.1) is 6.54 Å². The Balaban J connectivity index is 1.90. The van der Waals surface area contributed by atoms with Crippen LogP contribution in [0.5, 0.6) is 0 Å². The number of quaternary nitrogens is 1. The summed E-state index contributed by atoms with van der Waals surface area (Å²) in [5, 5.41) is 0. The molecular formula is C21H30N5O4+. The number of benzene rings is 1. The zero-order valence-corrected chi connectivity index (χ0v) is 17.7. The fourth-order valence-corrected chi connectivity index (χ4v) is 4.06. The van der Waals surface area contributed by atoms with Gasteiger partial charge in [0.2, 0.25) is 0 Å². The smallest absolute Gasteiger partial charge is 0.330 e.